The standard InChI is InChI=1S/C25H35F6N3O2/c1-36-14-2-3-23(35)32-21-6-4-18(5-7-21)8-9-33-10-12-34(13-11-33)22-16-19(24(26,27)28)15-20(17-22)25(29,30)31/h15-18,21H,2-14H2,1H3,(H,32,35). The van der Waals surface area contributed by atoms with Gasteiger partial charge in [-0.2, -0.15) is 26.3 Å². The molecule has 1 N–H and O–H groups in total. The molecule has 1 aliphatic heterocycles. The van der Waals surface area contributed by atoms with Crippen molar-refractivity contribution in [3.8, 4) is 0 Å². The van der Waals surface area contributed by atoms with Gasteiger partial charge in [-0.3, -0.25) is 9.69 Å². The summed E-state index contributed by atoms with van der Waals surface area (Å²) in [5.74, 6) is 0.624. The third-order valence-electron chi connectivity index (χ3n) is 7.13. The largest absolute Gasteiger partial charge is 0.416 e. The van der Waals surface area contributed by atoms with Crippen molar-refractivity contribution in [1.29, 1.82) is 0 Å². The molecule has 0 bridgehead atoms. The highest BCUT2D eigenvalue weighted by atomic mass is 19.4. The molecule has 0 spiro atoms. The predicted molar refractivity (Wildman–Crippen MR) is 125 cm³/mol. The average Bonchev–Trinajstić information content (AvgIpc) is 2.83. The molecule has 0 radical (unpaired) electrons. The highest BCUT2D eigenvalue weighted by Gasteiger charge is 2.37. The molecule has 0 aromatic heterocycles. The first-order valence-electron chi connectivity index (χ1n) is 12.5. The van der Waals surface area contributed by atoms with E-state index in [0.717, 1.165) is 50.8 Å². The van der Waals surface area contributed by atoms with Crippen LogP contribution < -0.4 is 10.2 Å². The lowest BCUT2D eigenvalue weighted by molar-refractivity contribution is -0.143. The first-order valence-corrected chi connectivity index (χ1v) is 12.5. The summed E-state index contributed by atoms with van der Waals surface area (Å²) in [5, 5.41) is 3.10. The van der Waals surface area contributed by atoms with Crippen molar-refractivity contribution in [1.82, 2.24) is 10.2 Å². The van der Waals surface area contributed by atoms with E-state index in [4.69, 9.17) is 4.74 Å². The van der Waals surface area contributed by atoms with Crippen molar-refractivity contribution in [2.45, 2.75) is 63.3 Å². The van der Waals surface area contributed by atoms with E-state index >= 15 is 0 Å². The molecule has 204 valence electrons. The number of benzene rings is 1. The van der Waals surface area contributed by atoms with E-state index in [-0.39, 0.29) is 23.7 Å². The van der Waals surface area contributed by atoms with Gasteiger partial charge < -0.3 is 15.0 Å². The fraction of sp³-hybridized carbons (Fsp3) is 0.720. The maximum Gasteiger partial charge on any atom is 0.416 e. The number of hydrogen-bond donors (Lipinski definition) is 1. The molecular weight excluding hydrogens is 488 g/mol. The Bertz CT molecular complexity index is 813. The number of alkyl halides is 6. The Morgan fingerprint density at radius 1 is 0.944 bits per heavy atom. The van der Waals surface area contributed by atoms with Gasteiger partial charge in [0.2, 0.25) is 5.91 Å². The number of methoxy groups -OCH3 is 1. The van der Waals surface area contributed by atoms with Crippen LogP contribution in [-0.2, 0) is 21.9 Å². The van der Waals surface area contributed by atoms with Crippen molar-refractivity contribution in [3.05, 3.63) is 29.3 Å². The number of piperazine rings is 1. The van der Waals surface area contributed by atoms with Crippen LogP contribution in [0.4, 0.5) is 32.0 Å². The lowest BCUT2D eigenvalue weighted by Crippen LogP contribution is -2.47. The molecule has 1 aliphatic carbocycles. The van der Waals surface area contributed by atoms with Crippen LogP contribution in [0.2, 0.25) is 0 Å². The van der Waals surface area contributed by atoms with E-state index in [2.05, 4.69) is 10.2 Å². The molecule has 5 nitrogen and oxygen atoms in total. The van der Waals surface area contributed by atoms with Crippen LogP contribution in [0.3, 0.4) is 0 Å². The number of nitrogens with one attached hydrogen (secondary N) is 1. The van der Waals surface area contributed by atoms with Gasteiger partial charge in [-0.25, -0.2) is 0 Å². The Hall–Kier alpha value is -2.01. The Labute approximate surface area is 208 Å². The van der Waals surface area contributed by atoms with Gasteiger partial charge in [0.15, 0.2) is 0 Å². The maximum atomic E-state index is 13.2. The van der Waals surface area contributed by atoms with E-state index in [0.29, 0.717) is 51.5 Å². The molecule has 2 aliphatic rings. The molecule has 1 saturated heterocycles. The summed E-state index contributed by atoms with van der Waals surface area (Å²) in [6.07, 6.45) is -3.54. The molecule has 0 unspecified atom stereocenters. The zero-order chi connectivity index (χ0) is 26.3. The van der Waals surface area contributed by atoms with Gasteiger partial charge in [-0.1, -0.05) is 0 Å². The van der Waals surface area contributed by atoms with Gasteiger partial charge in [0.1, 0.15) is 0 Å². The smallest absolute Gasteiger partial charge is 0.385 e. The normalized spacial score (nSPS) is 22.0. The van der Waals surface area contributed by atoms with E-state index < -0.39 is 23.5 Å². The molecule has 2 fully saturated rings. The first-order chi connectivity index (χ1) is 17.0. The number of hydrogen-bond acceptors (Lipinski definition) is 4. The third-order valence-corrected chi connectivity index (χ3v) is 7.13. The summed E-state index contributed by atoms with van der Waals surface area (Å²) >= 11 is 0. The molecule has 3 rings (SSSR count). The number of amides is 1. The monoisotopic (exact) mass is 523 g/mol. The summed E-state index contributed by atoms with van der Waals surface area (Å²) in [7, 11) is 1.61. The number of carbonyl (C=O) groups excluding carboxylic acids is 1. The molecule has 1 saturated carbocycles. The Morgan fingerprint density at radius 3 is 2.06 bits per heavy atom. The fourth-order valence-corrected chi connectivity index (χ4v) is 4.99. The summed E-state index contributed by atoms with van der Waals surface area (Å²) < 4.78 is 84.0. The van der Waals surface area contributed by atoms with Gasteiger partial charge in [0.05, 0.1) is 11.1 Å². The average molecular weight is 524 g/mol. The van der Waals surface area contributed by atoms with Crippen LogP contribution in [-0.4, -0.2) is 63.3 Å². The first kappa shape index (κ1) is 28.6. The van der Waals surface area contributed by atoms with Crippen LogP contribution >= 0.6 is 0 Å². The van der Waals surface area contributed by atoms with Crippen molar-refractivity contribution in [2.24, 2.45) is 5.92 Å². The Morgan fingerprint density at radius 2 is 1.53 bits per heavy atom. The minimum atomic E-state index is -4.84. The van der Waals surface area contributed by atoms with Crippen LogP contribution in [0.15, 0.2) is 18.2 Å². The lowest BCUT2D eigenvalue weighted by atomic mass is 9.84. The van der Waals surface area contributed by atoms with Crippen molar-refractivity contribution < 1.29 is 35.9 Å². The third kappa shape index (κ3) is 8.54. The second-order valence-electron chi connectivity index (χ2n) is 9.76. The van der Waals surface area contributed by atoms with Crippen LogP contribution in [0.5, 0.6) is 0 Å². The summed E-state index contributed by atoms with van der Waals surface area (Å²) in [5.41, 5.74) is -2.60. The van der Waals surface area contributed by atoms with Gasteiger partial charge in [-0.05, 0) is 69.2 Å². The molecule has 1 aromatic carbocycles. The predicted octanol–water partition coefficient (Wildman–Crippen LogP) is 5.34. The fourth-order valence-electron chi connectivity index (χ4n) is 4.99. The zero-order valence-electron chi connectivity index (χ0n) is 20.6. The molecule has 11 heteroatoms. The number of rotatable bonds is 9. The maximum absolute atomic E-state index is 13.2. The van der Waals surface area contributed by atoms with Crippen LogP contribution in [0.25, 0.3) is 0 Å². The molecule has 36 heavy (non-hydrogen) atoms. The Kier molecular flexibility index (Phi) is 9.91. The molecule has 1 aromatic rings. The number of halogens is 6. The van der Waals surface area contributed by atoms with Crippen molar-refractivity contribution >= 4 is 11.6 Å². The van der Waals surface area contributed by atoms with Crippen molar-refractivity contribution in [3.63, 3.8) is 0 Å². The van der Waals surface area contributed by atoms with Gasteiger partial charge in [-0.15, -0.1) is 0 Å². The molecule has 0 atom stereocenters. The topological polar surface area (TPSA) is 44.8 Å². The van der Waals surface area contributed by atoms with Crippen LogP contribution in [0, 0.1) is 5.92 Å². The number of anilines is 1. The number of nitrogens with zero attached hydrogens (tertiary/aromatic N) is 2. The minimum absolute atomic E-state index is 0.0422. The summed E-state index contributed by atoms with van der Waals surface area (Å²) in [6, 6.07) is 2.00. The van der Waals surface area contributed by atoms with E-state index in [1.54, 1.807) is 12.0 Å². The lowest BCUT2D eigenvalue weighted by Gasteiger charge is -2.37. The minimum Gasteiger partial charge on any atom is -0.385 e. The van der Waals surface area contributed by atoms with E-state index in [1.165, 1.54) is 0 Å². The molecule has 1 amide bonds. The van der Waals surface area contributed by atoms with Gasteiger partial charge >= 0.3 is 12.4 Å². The van der Waals surface area contributed by atoms with Gasteiger partial charge in [0, 0.05) is 58.0 Å². The van der Waals surface area contributed by atoms with E-state index in [1.807, 2.05) is 0 Å². The summed E-state index contributed by atoms with van der Waals surface area (Å²) in [6.45, 7) is 3.35. The van der Waals surface area contributed by atoms with Crippen LogP contribution in [0.1, 0.15) is 56.1 Å². The SMILES string of the molecule is COCCCC(=O)NC1CCC(CCN2CCN(c3cc(C(F)(F)F)cc(C(F)(F)F)c3)CC2)CC1. The van der Waals surface area contributed by atoms with E-state index in [9.17, 15) is 31.1 Å². The highest BCUT2D eigenvalue weighted by molar-refractivity contribution is 5.76. The zero-order valence-corrected chi connectivity index (χ0v) is 20.6. The number of ether oxygens (including phenoxy) is 1. The number of carbonyl (C=O) groups is 1. The molecular formula is C25H35F6N3O2. The van der Waals surface area contributed by atoms with Crippen molar-refractivity contribution in [2.75, 3.05) is 51.3 Å². The van der Waals surface area contributed by atoms with Gasteiger partial charge in [0.25, 0.3) is 0 Å². The second-order valence-corrected chi connectivity index (χ2v) is 9.76. The quantitative estimate of drug-likeness (QED) is 0.351. The highest BCUT2D eigenvalue weighted by Crippen LogP contribution is 2.38. The summed E-state index contributed by atoms with van der Waals surface area (Å²) in [4.78, 5) is 15.8. The second kappa shape index (κ2) is 12.5. The Balaban J connectivity index is 1.43. The molecule has 1 heterocycles.